The number of halogens is 3. The van der Waals surface area contributed by atoms with E-state index in [1.807, 2.05) is 11.6 Å². The molecule has 0 aromatic carbocycles. The smallest absolute Gasteiger partial charge is 0.370 e. The van der Waals surface area contributed by atoms with Crippen LogP contribution in [0.15, 0.2) is 18.2 Å². The van der Waals surface area contributed by atoms with Gasteiger partial charge in [-0.2, -0.15) is 13.2 Å². The number of hydrogen-bond donors (Lipinski definition) is 0. The Hall–Kier alpha value is -2.16. The quantitative estimate of drug-likeness (QED) is 0.856. The molecule has 1 fully saturated rings. The van der Waals surface area contributed by atoms with Crippen molar-refractivity contribution in [3.05, 3.63) is 35.4 Å². The fourth-order valence-electron chi connectivity index (χ4n) is 2.77. The predicted octanol–water partition coefficient (Wildman–Crippen LogP) is 2.72. The van der Waals surface area contributed by atoms with E-state index in [-0.39, 0.29) is 12.6 Å². The number of anilines is 1. The number of hydrogen-bond acceptors (Lipinski definition) is 5. The Morgan fingerprint density at radius 2 is 2.12 bits per heavy atom. The third-order valence-electron chi connectivity index (χ3n) is 3.94. The summed E-state index contributed by atoms with van der Waals surface area (Å²) in [5.41, 5.74) is -0.583. The van der Waals surface area contributed by atoms with Gasteiger partial charge in [0.1, 0.15) is 11.8 Å². The zero-order valence-corrected chi connectivity index (χ0v) is 13.4. The molecule has 0 spiro atoms. The first-order valence-corrected chi connectivity index (χ1v) is 7.61. The minimum absolute atomic E-state index is 0.0728. The van der Waals surface area contributed by atoms with Crippen molar-refractivity contribution < 1.29 is 17.9 Å². The lowest BCUT2D eigenvalue weighted by molar-refractivity contribution is -0.141. The molecule has 0 radical (unpaired) electrons. The molecule has 1 aliphatic heterocycles. The van der Waals surface area contributed by atoms with Crippen molar-refractivity contribution in [1.29, 1.82) is 0 Å². The molecule has 0 N–H and O–H groups in total. The van der Waals surface area contributed by atoms with E-state index in [0.717, 1.165) is 24.7 Å². The Morgan fingerprint density at radius 3 is 2.79 bits per heavy atom. The molecule has 1 atom stereocenters. The summed E-state index contributed by atoms with van der Waals surface area (Å²) in [7, 11) is 3.56. The van der Waals surface area contributed by atoms with Crippen LogP contribution >= 0.6 is 0 Å². The fraction of sp³-hybridized carbons (Fsp3) is 0.533. The van der Waals surface area contributed by atoms with Crippen LogP contribution in [-0.4, -0.2) is 33.4 Å². The summed E-state index contributed by atoms with van der Waals surface area (Å²) < 4.78 is 45.7. The second-order valence-corrected chi connectivity index (χ2v) is 5.79. The normalized spacial score (nSPS) is 18.1. The molecule has 1 aliphatic rings. The van der Waals surface area contributed by atoms with Gasteiger partial charge >= 0.3 is 6.18 Å². The van der Waals surface area contributed by atoms with E-state index < -0.39 is 11.9 Å². The molecule has 2 aromatic heterocycles. The zero-order valence-electron chi connectivity index (χ0n) is 13.4. The molecule has 0 aliphatic carbocycles. The van der Waals surface area contributed by atoms with E-state index in [4.69, 9.17) is 4.74 Å². The Labute approximate surface area is 137 Å². The lowest BCUT2D eigenvalue weighted by Crippen LogP contribution is -2.22. The second kappa shape index (κ2) is 6.39. The first-order chi connectivity index (χ1) is 11.4. The van der Waals surface area contributed by atoms with E-state index in [9.17, 15) is 13.2 Å². The van der Waals surface area contributed by atoms with E-state index in [0.29, 0.717) is 18.2 Å². The highest BCUT2D eigenvalue weighted by Gasteiger charge is 2.32. The highest BCUT2D eigenvalue weighted by atomic mass is 19.4. The number of aromatic nitrogens is 4. The van der Waals surface area contributed by atoms with Crippen molar-refractivity contribution in [1.82, 2.24) is 19.7 Å². The zero-order chi connectivity index (χ0) is 17.3. The summed E-state index contributed by atoms with van der Waals surface area (Å²) in [6.45, 7) is 0.901. The maximum Gasteiger partial charge on any atom is 0.433 e. The Kier molecular flexibility index (Phi) is 4.44. The third-order valence-corrected chi connectivity index (χ3v) is 3.94. The van der Waals surface area contributed by atoms with Gasteiger partial charge in [-0.15, -0.1) is 10.2 Å². The van der Waals surface area contributed by atoms with Crippen molar-refractivity contribution in [3.63, 3.8) is 0 Å². The minimum atomic E-state index is -4.45. The van der Waals surface area contributed by atoms with Gasteiger partial charge in [-0.3, -0.25) is 4.57 Å². The molecule has 130 valence electrons. The maximum absolute atomic E-state index is 12.8. The molecule has 1 saturated heterocycles. The Balaban J connectivity index is 1.77. The summed E-state index contributed by atoms with van der Waals surface area (Å²) in [6.07, 6.45) is -2.65. The van der Waals surface area contributed by atoms with Crippen molar-refractivity contribution in [3.8, 4) is 0 Å². The van der Waals surface area contributed by atoms with Crippen LogP contribution in [0.4, 0.5) is 19.1 Å². The summed E-state index contributed by atoms with van der Waals surface area (Å²) >= 11 is 0. The van der Waals surface area contributed by atoms with Crippen LogP contribution in [0.25, 0.3) is 0 Å². The van der Waals surface area contributed by atoms with Gasteiger partial charge in [-0.1, -0.05) is 6.07 Å². The maximum atomic E-state index is 12.8. The van der Waals surface area contributed by atoms with Crippen LogP contribution < -0.4 is 4.90 Å². The lowest BCUT2D eigenvalue weighted by Gasteiger charge is -2.18. The number of ether oxygens (including phenoxy) is 1. The SMILES string of the molecule is CN(Cc1cccc(C(F)(F)F)n1)c1nnc(C2CCCO2)n1C. The van der Waals surface area contributed by atoms with Crippen LogP contribution in [0.1, 0.15) is 36.2 Å². The van der Waals surface area contributed by atoms with Crippen molar-refractivity contribution in [2.75, 3.05) is 18.6 Å². The third kappa shape index (κ3) is 3.35. The van der Waals surface area contributed by atoms with Gasteiger partial charge in [0.05, 0.1) is 12.2 Å². The van der Waals surface area contributed by atoms with Crippen molar-refractivity contribution in [2.45, 2.75) is 31.7 Å². The van der Waals surface area contributed by atoms with Crippen LogP contribution in [0.2, 0.25) is 0 Å². The van der Waals surface area contributed by atoms with E-state index in [1.165, 1.54) is 6.07 Å². The lowest BCUT2D eigenvalue weighted by atomic mass is 10.2. The molecular formula is C15H18F3N5O. The minimum Gasteiger partial charge on any atom is -0.370 e. The van der Waals surface area contributed by atoms with Gasteiger partial charge < -0.3 is 9.64 Å². The highest BCUT2D eigenvalue weighted by molar-refractivity contribution is 5.31. The average molecular weight is 341 g/mol. The largest absolute Gasteiger partial charge is 0.433 e. The number of pyridine rings is 1. The Morgan fingerprint density at radius 1 is 1.33 bits per heavy atom. The molecule has 3 rings (SSSR count). The summed E-state index contributed by atoms with van der Waals surface area (Å²) in [4.78, 5) is 5.39. The van der Waals surface area contributed by atoms with Gasteiger partial charge in [0.2, 0.25) is 5.95 Å². The topological polar surface area (TPSA) is 56.1 Å². The van der Waals surface area contributed by atoms with Gasteiger partial charge in [0.25, 0.3) is 0 Å². The van der Waals surface area contributed by atoms with Gasteiger partial charge in [-0.05, 0) is 25.0 Å². The van der Waals surface area contributed by atoms with Crippen LogP contribution in [-0.2, 0) is 24.5 Å². The van der Waals surface area contributed by atoms with Gasteiger partial charge in [0.15, 0.2) is 5.82 Å². The second-order valence-electron chi connectivity index (χ2n) is 5.79. The summed E-state index contributed by atoms with van der Waals surface area (Å²) in [5.74, 6) is 1.28. The van der Waals surface area contributed by atoms with E-state index in [2.05, 4.69) is 15.2 Å². The van der Waals surface area contributed by atoms with Crippen LogP contribution in [0, 0.1) is 0 Å². The standard InChI is InChI=1S/C15H18F3N5O/c1-22(9-10-5-3-7-12(19-10)15(16,17)18)14-21-20-13(23(14)2)11-6-4-8-24-11/h3,5,7,11H,4,6,8-9H2,1-2H3. The predicted molar refractivity (Wildman–Crippen MR) is 80.3 cm³/mol. The number of rotatable bonds is 4. The molecule has 2 aromatic rings. The molecule has 6 nitrogen and oxygen atoms in total. The highest BCUT2D eigenvalue weighted by Crippen LogP contribution is 2.29. The molecule has 24 heavy (non-hydrogen) atoms. The van der Waals surface area contributed by atoms with Gasteiger partial charge in [-0.25, -0.2) is 4.98 Å². The van der Waals surface area contributed by atoms with Crippen LogP contribution in [0.5, 0.6) is 0 Å². The molecule has 0 saturated carbocycles. The monoisotopic (exact) mass is 341 g/mol. The summed E-state index contributed by atoms with van der Waals surface area (Å²) in [6, 6.07) is 3.87. The van der Waals surface area contributed by atoms with Crippen molar-refractivity contribution in [2.24, 2.45) is 7.05 Å². The van der Waals surface area contributed by atoms with Crippen LogP contribution in [0.3, 0.4) is 0 Å². The first kappa shape index (κ1) is 16.7. The van der Waals surface area contributed by atoms with Crippen molar-refractivity contribution >= 4 is 5.95 Å². The van der Waals surface area contributed by atoms with E-state index in [1.54, 1.807) is 18.0 Å². The summed E-state index contributed by atoms with van der Waals surface area (Å²) in [5, 5.41) is 8.30. The first-order valence-electron chi connectivity index (χ1n) is 7.61. The number of alkyl halides is 3. The molecule has 9 heteroatoms. The molecule has 1 unspecified atom stereocenters. The van der Waals surface area contributed by atoms with E-state index >= 15 is 0 Å². The number of nitrogens with zero attached hydrogens (tertiary/aromatic N) is 5. The molecule has 3 heterocycles. The average Bonchev–Trinajstić information content (AvgIpc) is 3.15. The molecular weight excluding hydrogens is 323 g/mol. The fourth-order valence-corrected chi connectivity index (χ4v) is 2.77. The Bertz CT molecular complexity index is 709. The van der Waals surface area contributed by atoms with Gasteiger partial charge in [0, 0.05) is 20.7 Å². The molecule has 0 amide bonds. The molecule has 0 bridgehead atoms.